The third-order valence-electron chi connectivity index (χ3n) is 6.24. The first-order valence-electron chi connectivity index (χ1n) is 9.08. The van der Waals surface area contributed by atoms with E-state index >= 15 is 0 Å². The molecule has 1 heterocycles. The summed E-state index contributed by atoms with van der Waals surface area (Å²) in [6, 6.07) is 0. The van der Waals surface area contributed by atoms with Crippen molar-refractivity contribution < 1.29 is 0 Å². The van der Waals surface area contributed by atoms with Gasteiger partial charge in [0.2, 0.25) is 0 Å². The number of nitrogens with one attached hydrogen (secondary N) is 1. The van der Waals surface area contributed by atoms with Gasteiger partial charge < -0.3 is 5.32 Å². The zero-order chi connectivity index (χ0) is 15.4. The molecule has 0 spiro atoms. The van der Waals surface area contributed by atoms with Gasteiger partial charge in [-0.1, -0.05) is 54.4 Å². The molecule has 0 amide bonds. The highest BCUT2D eigenvalue weighted by Gasteiger charge is 2.50. The van der Waals surface area contributed by atoms with Crippen LogP contribution in [0.15, 0.2) is 0 Å². The van der Waals surface area contributed by atoms with Crippen LogP contribution in [0.3, 0.4) is 0 Å². The molecule has 2 unspecified atom stereocenters. The van der Waals surface area contributed by atoms with Gasteiger partial charge in [0.25, 0.3) is 0 Å². The van der Waals surface area contributed by atoms with E-state index in [0.29, 0.717) is 11.0 Å². The minimum Gasteiger partial charge on any atom is -0.311 e. The predicted octanol–water partition coefficient (Wildman–Crippen LogP) is 5.64. The van der Waals surface area contributed by atoms with Crippen molar-refractivity contribution >= 4 is 0 Å². The first-order chi connectivity index (χ1) is 9.33. The van der Waals surface area contributed by atoms with Gasteiger partial charge in [0, 0.05) is 5.54 Å². The molecule has 20 heavy (non-hydrogen) atoms. The normalized spacial score (nSPS) is 28.4. The van der Waals surface area contributed by atoms with Crippen LogP contribution in [0.25, 0.3) is 0 Å². The first-order valence-corrected chi connectivity index (χ1v) is 9.08. The van der Waals surface area contributed by atoms with Crippen molar-refractivity contribution in [3.63, 3.8) is 0 Å². The van der Waals surface area contributed by atoms with Crippen LogP contribution in [0.4, 0.5) is 0 Å². The Balaban J connectivity index is 3.08. The monoisotopic (exact) mass is 281 g/mol. The Morgan fingerprint density at radius 1 is 1.10 bits per heavy atom. The zero-order valence-electron chi connectivity index (χ0n) is 15.2. The summed E-state index contributed by atoms with van der Waals surface area (Å²) in [5.41, 5.74) is 0.782. The standard InChI is InChI=1S/C19H39N/c1-8-11-19(12-9-2,16(5)6)18(7)14-17(15(3)4)10-13-20-18/h15-17,20H,8-14H2,1-7H3. The summed E-state index contributed by atoms with van der Waals surface area (Å²) in [6.45, 7) is 18.2. The summed E-state index contributed by atoms with van der Waals surface area (Å²) in [5, 5.41) is 3.97. The van der Waals surface area contributed by atoms with E-state index in [1.54, 1.807) is 0 Å². The summed E-state index contributed by atoms with van der Waals surface area (Å²) in [5.74, 6) is 2.48. The molecule has 1 N–H and O–H groups in total. The maximum absolute atomic E-state index is 3.97. The van der Waals surface area contributed by atoms with E-state index in [4.69, 9.17) is 0 Å². The fraction of sp³-hybridized carbons (Fsp3) is 1.00. The Morgan fingerprint density at radius 2 is 1.65 bits per heavy atom. The highest BCUT2D eigenvalue weighted by atomic mass is 15.0. The minimum absolute atomic E-state index is 0.320. The van der Waals surface area contributed by atoms with Gasteiger partial charge in [-0.05, 0) is 62.3 Å². The van der Waals surface area contributed by atoms with Crippen LogP contribution in [0.5, 0.6) is 0 Å². The molecule has 0 saturated carbocycles. The molecular formula is C19H39N. The Labute approximate surface area is 128 Å². The van der Waals surface area contributed by atoms with Gasteiger partial charge in [-0.2, -0.15) is 0 Å². The fourth-order valence-electron chi connectivity index (χ4n) is 4.96. The van der Waals surface area contributed by atoms with Gasteiger partial charge in [-0.3, -0.25) is 0 Å². The van der Waals surface area contributed by atoms with Crippen molar-refractivity contribution in [3.05, 3.63) is 0 Å². The van der Waals surface area contributed by atoms with Gasteiger partial charge in [0.1, 0.15) is 0 Å². The molecule has 1 saturated heterocycles. The smallest absolute Gasteiger partial charge is 0.0214 e. The fourth-order valence-corrected chi connectivity index (χ4v) is 4.96. The third-order valence-corrected chi connectivity index (χ3v) is 6.24. The van der Waals surface area contributed by atoms with Crippen LogP contribution in [-0.2, 0) is 0 Å². The highest BCUT2D eigenvalue weighted by Crippen LogP contribution is 2.51. The predicted molar refractivity (Wildman–Crippen MR) is 91.1 cm³/mol. The van der Waals surface area contributed by atoms with Crippen molar-refractivity contribution in [2.24, 2.45) is 23.2 Å². The van der Waals surface area contributed by atoms with E-state index in [-0.39, 0.29) is 0 Å². The second-order valence-corrected chi connectivity index (χ2v) is 8.07. The van der Waals surface area contributed by atoms with Crippen LogP contribution in [0.2, 0.25) is 0 Å². The molecule has 1 aliphatic heterocycles. The molecule has 1 aliphatic rings. The van der Waals surface area contributed by atoms with Crippen LogP contribution in [0.1, 0.15) is 87.0 Å². The second-order valence-electron chi connectivity index (χ2n) is 8.07. The van der Waals surface area contributed by atoms with Crippen LogP contribution in [0, 0.1) is 23.2 Å². The van der Waals surface area contributed by atoms with Gasteiger partial charge in [-0.25, -0.2) is 0 Å². The summed E-state index contributed by atoms with van der Waals surface area (Å²) in [4.78, 5) is 0. The van der Waals surface area contributed by atoms with Gasteiger partial charge in [-0.15, -0.1) is 0 Å². The summed E-state index contributed by atoms with van der Waals surface area (Å²) in [7, 11) is 0. The number of hydrogen-bond donors (Lipinski definition) is 1. The van der Waals surface area contributed by atoms with Crippen molar-refractivity contribution in [2.45, 2.75) is 92.5 Å². The van der Waals surface area contributed by atoms with Gasteiger partial charge in [0.15, 0.2) is 0 Å². The van der Waals surface area contributed by atoms with E-state index in [1.807, 2.05) is 0 Å². The molecule has 0 aromatic heterocycles. The molecule has 1 fully saturated rings. The first kappa shape index (κ1) is 18.0. The zero-order valence-corrected chi connectivity index (χ0v) is 15.2. The molecule has 2 atom stereocenters. The van der Waals surface area contributed by atoms with Crippen molar-refractivity contribution in [1.29, 1.82) is 0 Å². The number of piperidine rings is 1. The molecule has 1 heteroatoms. The Bertz CT molecular complexity index is 275. The SMILES string of the molecule is CCCC(CCC)(C(C)C)C1(C)CC(C(C)C)CCN1. The van der Waals surface area contributed by atoms with E-state index < -0.39 is 0 Å². The maximum atomic E-state index is 3.97. The summed E-state index contributed by atoms with van der Waals surface area (Å²) < 4.78 is 0. The van der Waals surface area contributed by atoms with Gasteiger partial charge >= 0.3 is 0 Å². The van der Waals surface area contributed by atoms with E-state index in [9.17, 15) is 0 Å². The highest BCUT2D eigenvalue weighted by molar-refractivity contribution is 5.06. The summed E-state index contributed by atoms with van der Waals surface area (Å²) >= 11 is 0. The Kier molecular flexibility index (Phi) is 6.57. The lowest BCUT2D eigenvalue weighted by molar-refractivity contribution is -0.0172. The summed E-state index contributed by atoms with van der Waals surface area (Å²) in [6.07, 6.45) is 8.08. The average Bonchev–Trinajstić information content (AvgIpc) is 2.37. The molecule has 0 bridgehead atoms. The van der Waals surface area contributed by atoms with Crippen LogP contribution < -0.4 is 5.32 Å². The van der Waals surface area contributed by atoms with E-state index in [2.05, 4.69) is 53.8 Å². The molecular weight excluding hydrogens is 242 g/mol. The van der Waals surface area contributed by atoms with Crippen molar-refractivity contribution in [3.8, 4) is 0 Å². The lowest BCUT2D eigenvalue weighted by Crippen LogP contribution is -2.62. The molecule has 0 aliphatic carbocycles. The topological polar surface area (TPSA) is 12.0 Å². The number of rotatable bonds is 7. The number of hydrogen-bond acceptors (Lipinski definition) is 1. The third kappa shape index (κ3) is 3.40. The van der Waals surface area contributed by atoms with Crippen molar-refractivity contribution in [1.82, 2.24) is 5.32 Å². The molecule has 0 radical (unpaired) electrons. The molecule has 0 aromatic carbocycles. The lowest BCUT2D eigenvalue weighted by Gasteiger charge is -2.56. The van der Waals surface area contributed by atoms with Crippen LogP contribution in [-0.4, -0.2) is 12.1 Å². The van der Waals surface area contributed by atoms with E-state index in [1.165, 1.54) is 45.1 Å². The van der Waals surface area contributed by atoms with E-state index in [0.717, 1.165) is 17.8 Å². The maximum Gasteiger partial charge on any atom is 0.0214 e. The molecule has 0 aromatic rings. The Morgan fingerprint density at radius 3 is 2.05 bits per heavy atom. The molecule has 1 rings (SSSR count). The van der Waals surface area contributed by atoms with Crippen LogP contribution >= 0.6 is 0 Å². The minimum atomic E-state index is 0.320. The van der Waals surface area contributed by atoms with Gasteiger partial charge in [0.05, 0.1) is 0 Å². The lowest BCUT2D eigenvalue weighted by atomic mass is 9.55. The molecule has 120 valence electrons. The average molecular weight is 282 g/mol. The largest absolute Gasteiger partial charge is 0.311 e. The Hall–Kier alpha value is -0.0400. The quantitative estimate of drug-likeness (QED) is 0.636. The van der Waals surface area contributed by atoms with Crippen molar-refractivity contribution in [2.75, 3.05) is 6.54 Å². The molecule has 1 nitrogen and oxygen atoms in total. The second kappa shape index (κ2) is 7.29.